The zero-order valence-corrected chi connectivity index (χ0v) is 10.7. The van der Waals surface area contributed by atoms with E-state index in [1.54, 1.807) is 15.6 Å². The molecule has 0 atom stereocenters. The molecule has 0 N–H and O–H groups in total. The fourth-order valence-corrected chi connectivity index (χ4v) is 2.29. The minimum absolute atomic E-state index is 0.0732. The van der Waals surface area contributed by atoms with Crippen molar-refractivity contribution in [2.24, 2.45) is 4.99 Å². The average molecular weight is 229 g/mol. The summed E-state index contributed by atoms with van der Waals surface area (Å²) in [5, 5.41) is 0. The van der Waals surface area contributed by atoms with Crippen LogP contribution in [0, 0.1) is 0 Å². The molecular weight excluding hydrogens is 210 g/mol. The lowest BCUT2D eigenvalue weighted by molar-refractivity contribution is 0.546. The first-order chi connectivity index (χ1) is 7.11. The zero-order valence-electron chi connectivity index (χ0n) is 9.86. The van der Waals surface area contributed by atoms with Gasteiger partial charge in [-0.2, -0.15) is 0 Å². The zero-order chi connectivity index (χ0) is 11.4. The summed E-state index contributed by atoms with van der Waals surface area (Å²) in [7, 11) is 1.73. The SMILES string of the molecule is CCCCn1c(=NC)sn(C(C)C)c1=O. The molecule has 86 valence electrons. The van der Waals surface area contributed by atoms with Gasteiger partial charge in [0.2, 0.25) is 4.80 Å². The Morgan fingerprint density at radius 1 is 1.47 bits per heavy atom. The molecule has 0 bridgehead atoms. The Morgan fingerprint density at radius 3 is 2.60 bits per heavy atom. The van der Waals surface area contributed by atoms with Gasteiger partial charge in [0.15, 0.2) is 0 Å². The van der Waals surface area contributed by atoms with Crippen molar-refractivity contribution in [1.29, 1.82) is 0 Å². The molecule has 4 nitrogen and oxygen atoms in total. The molecule has 0 aliphatic heterocycles. The van der Waals surface area contributed by atoms with Crippen LogP contribution in [0.1, 0.15) is 39.7 Å². The molecule has 0 saturated carbocycles. The molecule has 0 aliphatic rings. The molecule has 1 aromatic rings. The molecule has 0 amide bonds. The average Bonchev–Trinajstić information content (AvgIpc) is 2.52. The van der Waals surface area contributed by atoms with Crippen LogP contribution in [0.15, 0.2) is 9.79 Å². The van der Waals surface area contributed by atoms with Gasteiger partial charge in [0, 0.05) is 19.6 Å². The van der Waals surface area contributed by atoms with E-state index in [4.69, 9.17) is 0 Å². The van der Waals surface area contributed by atoms with E-state index in [2.05, 4.69) is 11.9 Å². The van der Waals surface area contributed by atoms with Gasteiger partial charge >= 0.3 is 5.69 Å². The summed E-state index contributed by atoms with van der Waals surface area (Å²) in [5.41, 5.74) is 0.0732. The lowest BCUT2D eigenvalue weighted by Gasteiger charge is -2.02. The Kier molecular flexibility index (Phi) is 4.32. The minimum atomic E-state index is 0.0732. The van der Waals surface area contributed by atoms with Crippen LogP contribution in [0.25, 0.3) is 0 Å². The number of hydrogen-bond donors (Lipinski definition) is 0. The van der Waals surface area contributed by atoms with Gasteiger partial charge in [-0.05, 0) is 31.8 Å². The Balaban J connectivity index is 3.19. The van der Waals surface area contributed by atoms with Crippen LogP contribution in [0.5, 0.6) is 0 Å². The molecule has 0 aromatic carbocycles. The first-order valence-corrected chi connectivity index (χ1v) is 6.14. The predicted molar refractivity (Wildman–Crippen MR) is 63.3 cm³/mol. The summed E-state index contributed by atoms with van der Waals surface area (Å²) in [5.74, 6) is 0. The van der Waals surface area contributed by atoms with Crippen LogP contribution in [0.2, 0.25) is 0 Å². The van der Waals surface area contributed by atoms with E-state index in [9.17, 15) is 4.79 Å². The first kappa shape index (κ1) is 12.2. The third-order valence-corrected chi connectivity index (χ3v) is 3.57. The first-order valence-electron chi connectivity index (χ1n) is 5.37. The summed E-state index contributed by atoms with van der Waals surface area (Å²) in [6.07, 6.45) is 2.12. The number of hydrogen-bond acceptors (Lipinski definition) is 3. The van der Waals surface area contributed by atoms with E-state index in [0.29, 0.717) is 0 Å². The van der Waals surface area contributed by atoms with Gasteiger partial charge in [-0.3, -0.25) is 9.56 Å². The molecule has 0 saturated heterocycles. The van der Waals surface area contributed by atoms with Crippen molar-refractivity contribution in [2.75, 3.05) is 7.05 Å². The van der Waals surface area contributed by atoms with Gasteiger partial charge in [0.25, 0.3) is 0 Å². The second kappa shape index (κ2) is 5.30. The van der Waals surface area contributed by atoms with Crippen LogP contribution in [-0.4, -0.2) is 15.6 Å². The predicted octanol–water partition coefficient (Wildman–Crippen LogP) is 1.62. The standard InChI is InChI=1S/C10H19N3OS/c1-5-6-7-12-9(11-4)15-13(8(2)3)10(12)14/h8H,5-7H2,1-4H3. The van der Waals surface area contributed by atoms with Crippen LogP contribution in [-0.2, 0) is 6.54 Å². The molecule has 0 aliphatic carbocycles. The lowest BCUT2D eigenvalue weighted by atomic mass is 10.3. The highest BCUT2D eigenvalue weighted by Gasteiger charge is 2.09. The van der Waals surface area contributed by atoms with Crippen molar-refractivity contribution in [3.05, 3.63) is 15.3 Å². The third-order valence-electron chi connectivity index (χ3n) is 2.23. The van der Waals surface area contributed by atoms with Crippen molar-refractivity contribution in [1.82, 2.24) is 8.52 Å². The maximum absolute atomic E-state index is 12.0. The summed E-state index contributed by atoms with van der Waals surface area (Å²) in [4.78, 5) is 16.9. The normalized spacial score (nSPS) is 12.7. The molecule has 1 aromatic heterocycles. The Hall–Kier alpha value is -0.840. The fraction of sp³-hybridized carbons (Fsp3) is 0.800. The van der Waals surface area contributed by atoms with Gasteiger partial charge < -0.3 is 0 Å². The summed E-state index contributed by atoms with van der Waals surface area (Å²) >= 11 is 1.45. The van der Waals surface area contributed by atoms with Crippen LogP contribution in [0.4, 0.5) is 0 Å². The van der Waals surface area contributed by atoms with E-state index in [-0.39, 0.29) is 11.7 Å². The molecule has 1 rings (SSSR count). The van der Waals surface area contributed by atoms with E-state index >= 15 is 0 Å². The van der Waals surface area contributed by atoms with Crippen molar-refractivity contribution in [2.45, 2.75) is 46.2 Å². The largest absolute Gasteiger partial charge is 0.340 e. The molecule has 5 heteroatoms. The van der Waals surface area contributed by atoms with Gasteiger partial charge in [-0.15, -0.1) is 0 Å². The third kappa shape index (κ3) is 2.59. The Labute approximate surface area is 94.0 Å². The Bertz CT molecular complexity index is 425. The molecule has 0 fully saturated rings. The highest BCUT2D eigenvalue weighted by Crippen LogP contribution is 2.02. The topological polar surface area (TPSA) is 39.3 Å². The van der Waals surface area contributed by atoms with Gasteiger partial charge in [0.1, 0.15) is 0 Å². The summed E-state index contributed by atoms with van der Waals surface area (Å²) in [6.45, 7) is 6.93. The van der Waals surface area contributed by atoms with Crippen LogP contribution < -0.4 is 10.5 Å². The summed E-state index contributed by atoms with van der Waals surface area (Å²) < 4.78 is 3.55. The second-order valence-corrected chi connectivity index (χ2v) is 4.75. The van der Waals surface area contributed by atoms with E-state index in [0.717, 1.165) is 24.2 Å². The number of rotatable bonds is 4. The molecule has 0 unspecified atom stereocenters. The van der Waals surface area contributed by atoms with Crippen LogP contribution in [0.3, 0.4) is 0 Å². The van der Waals surface area contributed by atoms with Crippen molar-refractivity contribution < 1.29 is 0 Å². The van der Waals surface area contributed by atoms with Crippen LogP contribution >= 0.6 is 11.5 Å². The molecule has 15 heavy (non-hydrogen) atoms. The maximum Gasteiger partial charge on any atom is 0.340 e. The molecule has 0 spiro atoms. The van der Waals surface area contributed by atoms with Crippen molar-refractivity contribution in [3.8, 4) is 0 Å². The van der Waals surface area contributed by atoms with E-state index < -0.39 is 0 Å². The van der Waals surface area contributed by atoms with E-state index in [1.807, 2.05) is 13.8 Å². The number of nitrogens with zero attached hydrogens (tertiary/aromatic N) is 3. The highest BCUT2D eigenvalue weighted by molar-refractivity contribution is 7.03. The Morgan fingerprint density at radius 2 is 2.13 bits per heavy atom. The van der Waals surface area contributed by atoms with Gasteiger partial charge in [-0.1, -0.05) is 13.3 Å². The summed E-state index contributed by atoms with van der Waals surface area (Å²) in [6, 6.07) is 0.214. The van der Waals surface area contributed by atoms with E-state index in [1.165, 1.54) is 11.5 Å². The smallest absolute Gasteiger partial charge is 0.268 e. The molecule has 1 heterocycles. The number of unbranched alkanes of at least 4 members (excludes halogenated alkanes) is 1. The van der Waals surface area contributed by atoms with Crippen molar-refractivity contribution >= 4 is 11.5 Å². The van der Waals surface area contributed by atoms with Gasteiger partial charge in [0.05, 0.1) is 0 Å². The lowest BCUT2D eigenvalue weighted by Crippen LogP contribution is -2.30. The highest BCUT2D eigenvalue weighted by atomic mass is 32.1. The van der Waals surface area contributed by atoms with Crippen molar-refractivity contribution in [3.63, 3.8) is 0 Å². The fourth-order valence-electron chi connectivity index (χ4n) is 1.37. The molecule has 0 radical (unpaired) electrons. The number of aromatic nitrogens is 2. The monoisotopic (exact) mass is 229 g/mol. The second-order valence-electron chi connectivity index (χ2n) is 3.80. The molecular formula is C10H19N3OS. The quantitative estimate of drug-likeness (QED) is 0.773. The van der Waals surface area contributed by atoms with Gasteiger partial charge in [-0.25, -0.2) is 8.75 Å². The maximum atomic E-state index is 12.0. The minimum Gasteiger partial charge on any atom is -0.268 e.